The Bertz CT molecular complexity index is 466. The molecule has 1 aromatic heterocycles. The molecule has 1 aliphatic carbocycles. The van der Waals surface area contributed by atoms with Crippen LogP contribution in [-0.2, 0) is 11.3 Å². The highest BCUT2D eigenvalue weighted by molar-refractivity contribution is 7.08. The summed E-state index contributed by atoms with van der Waals surface area (Å²) in [5.41, 5.74) is 1.58. The van der Waals surface area contributed by atoms with Gasteiger partial charge in [0.05, 0.1) is 6.07 Å². The van der Waals surface area contributed by atoms with Crippen molar-refractivity contribution in [1.29, 1.82) is 5.26 Å². The molecule has 3 nitrogen and oxygen atoms in total. The minimum absolute atomic E-state index is 0.0877. The molecule has 0 aromatic carbocycles. The lowest BCUT2D eigenvalue weighted by molar-refractivity contribution is -0.129. The monoisotopic (exact) mass is 262 g/mol. The summed E-state index contributed by atoms with van der Waals surface area (Å²) in [6, 6.07) is 2.25. The first kappa shape index (κ1) is 13.1. The van der Waals surface area contributed by atoms with E-state index in [2.05, 4.69) is 22.1 Å². The van der Waals surface area contributed by atoms with Crippen LogP contribution < -0.4 is 5.32 Å². The van der Waals surface area contributed by atoms with Crippen LogP contribution in [0.5, 0.6) is 0 Å². The van der Waals surface area contributed by atoms with Gasteiger partial charge in [-0.15, -0.1) is 0 Å². The van der Waals surface area contributed by atoms with Crippen molar-refractivity contribution in [2.75, 3.05) is 0 Å². The first-order valence-electron chi connectivity index (χ1n) is 6.39. The van der Waals surface area contributed by atoms with Crippen LogP contribution in [0.25, 0.3) is 0 Å². The molecule has 4 heteroatoms. The molecular formula is C14H18N2OS. The summed E-state index contributed by atoms with van der Waals surface area (Å²) >= 11 is 1.64. The van der Waals surface area contributed by atoms with E-state index in [-0.39, 0.29) is 5.91 Å². The number of carbonyl (C=O) groups excluding carboxylic acids is 1. The summed E-state index contributed by atoms with van der Waals surface area (Å²) in [4.78, 5) is 12.2. The lowest BCUT2D eigenvalue weighted by atomic mass is 9.74. The lowest BCUT2D eigenvalue weighted by Gasteiger charge is -2.29. The number of amides is 1. The van der Waals surface area contributed by atoms with Gasteiger partial charge in [0.2, 0.25) is 5.91 Å². The van der Waals surface area contributed by atoms with Gasteiger partial charge in [-0.2, -0.15) is 16.6 Å². The Balaban J connectivity index is 1.99. The number of hydrogen-bond donors (Lipinski definition) is 1. The van der Waals surface area contributed by atoms with Crippen LogP contribution in [0, 0.1) is 23.7 Å². The van der Waals surface area contributed by atoms with Crippen LogP contribution in [0.4, 0.5) is 0 Å². The predicted molar refractivity (Wildman–Crippen MR) is 72.0 cm³/mol. The standard InChI is InChI=1S/C14H18N2OS/c1-11-8-18-9-12(11)7-16-13(17)14(10-15)5-3-2-4-6-14/h8-9H,2-7H2,1H3,(H,16,17). The molecule has 0 bridgehead atoms. The average Bonchev–Trinajstić information content (AvgIpc) is 2.82. The fraction of sp³-hybridized carbons (Fsp3) is 0.571. The van der Waals surface area contributed by atoms with E-state index < -0.39 is 5.41 Å². The Morgan fingerprint density at radius 1 is 1.44 bits per heavy atom. The minimum atomic E-state index is -0.776. The molecule has 1 heterocycles. The fourth-order valence-corrected chi connectivity index (χ4v) is 3.31. The van der Waals surface area contributed by atoms with Gasteiger partial charge in [-0.05, 0) is 41.7 Å². The van der Waals surface area contributed by atoms with Crippen LogP contribution in [0.3, 0.4) is 0 Å². The van der Waals surface area contributed by atoms with Crippen molar-refractivity contribution < 1.29 is 4.79 Å². The Morgan fingerprint density at radius 2 is 2.17 bits per heavy atom. The van der Waals surface area contributed by atoms with Crippen LogP contribution >= 0.6 is 11.3 Å². The summed E-state index contributed by atoms with van der Waals surface area (Å²) in [7, 11) is 0. The normalized spacial score (nSPS) is 18.0. The summed E-state index contributed by atoms with van der Waals surface area (Å²) in [5.74, 6) is -0.0877. The number of carbonyl (C=O) groups is 1. The highest BCUT2D eigenvalue weighted by atomic mass is 32.1. The number of hydrogen-bond acceptors (Lipinski definition) is 3. The molecule has 0 atom stereocenters. The van der Waals surface area contributed by atoms with Crippen molar-refractivity contribution in [1.82, 2.24) is 5.32 Å². The summed E-state index contributed by atoms with van der Waals surface area (Å²) in [6.45, 7) is 2.58. The van der Waals surface area contributed by atoms with E-state index in [4.69, 9.17) is 0 Å². The second kappa shape index (κ2) is 5.53. The quantitative estimate of drug-likeness (QED) is 0.909. The molecule has 0 aliphatic heterocycles. The van der Waals surface area contributed by atoms with Gasteiger partial charge >= 0.3 is 0 Å². The van der Waals surface area contributed by atoms with E-state index in [0.29, 0.717) is 19.4 Å². The maximum Gasteiger partial charge on any atom is 0.240 e. The fourth-order valence-electron chi connectivity index (χ4n) is 2.46. The average molecular weight is 262 g/mol. The van der Waals surface area contributed by atoms with Crippen molar-refractivity contribution in [3.05, 3.63) is 21.9 Å². The van der Waals surface area contributed by atoms with Gasteiger partial charge in [-0.25, -0.2) is 0 Å². The Labute approximate surface area is 112 Å². The first-order chi connectivity index (χ1) is 8.68. The number of aryl methyl sites for hydroxylation is 1. The van der Waals surface area contributed by atoms with E-state index >= 15 is 0 Å². The Kier molecular flexibility index (Phi) is 4.03. The van der Waals surface area contributed by atoms with Gasteiger partial charge in [0.15, 0.2) is 0 Å². The van der Waals surface area contributed by atoms with Crippen LogP contribution in [-0.4, -0.2) is 5.91 Å². The molecule has 1 aromatic rings. The van der Waals surface area contributed by atoms with Crippen molar-refractivity contribution in [2.24, 2.45) is 5.41 Å². The van der Waals surface area contributed by atoms with Crippen molar-refractivity contribution in [3.63, 3.8) is 0 Å². The molecule has 0 unspecified atom stereocenters. The molecule has 1 saturated carbocycles. The smallest absolute Gasteiger partial charge is 0.240 e. The summed E-state index contributed by atoms with van der Waals surface area (Å²) in [6.07, 6.45) is 4.52. The lowest BCUT2D eigenvalue weighted by Crippen LogP contribution is -2.41. The molecule has 1 aliphatic rings. The second-order valence-corrected chi connectivity index (χ2v) is 5.76. The summed E-state index contributed by atoms with van der Waals surface area (Å²) in [5, 5.41) is 16.4. The Hall–Kier alpha value is -1.34. The van der Waals surface area contributed by atoms with E-state index in [9.17, 15) is 10.1 Å². The van der Waals surface area contributed by atoms with Gasteiger partial charge in [0.1, 0.15) is 5.41 Å². The van der Waals surface area contributed by atoms with Crippen molar-refractivity contribution >= 4 is 17.2 Å². The molecule has 0 spiro atoms. The molecule has 18 heavy (non-hydrogen) atoms. The van der Waals surface area contributed by atoms with E-state index in [0.717, 1.165) is 24.8 Å². The van der Waals surface area contributed by atoms with Gasteiger partial charge in [-0.1, -0.05) is 19.3 Å². The first-order valence-corrected chi connectivity index (χ1v) is 7.33. The third-order valence-corrected chi connectivity index (χ3v) is 4.67. The zero-order valence-electron chi connectivity index (χ0n) is 10.7. The molecule has 0 saturated heterocycles. The number of thiophene rings is 1. The largest absolute Gasteiger partial charge is 0.351 e. The highest BCUT2D eigenvalue weighted by Gasteiger charge is 2.39. The maximum absolute atomic E-state index is 12.2. The molecule has 1 N–H and O–H groups in total. The van der Waals surface area contributed by atoms with Gasteiger partial charge in [0.25, 0.3) is 0 Å². The van der Waals surface area contributed by atoms with E-state index in [1.54, 1.807) is 11.3 Å². The van der Waals surface area contributed by atoms with Crippen molar-refractivity contribution in [2.45, 2.75) is 45.6 Å². The van der Waals surface area contributed by atoms with Gasteiger partial charge in [-0.3, -0.25) is 4.79 Å². The van der Waals surface area contributed by atoms with Crippen molar-refractivity contribution in [3.8, 4) is 6.07 Å². The second-order valence-electron chi connectivity index (χ2n) is 5.02. The molecule has 1 fully saturated rings. The molecule has 2 rings (SSSR count). The summed E-state index contributed by atoms with van der Waals surface area (Å²) < 4.78 is 0. The number of rotatable bonds is 3. The maximum atomic E-state index is 12.2. The minimum Gasteiger partial charge on any atom is -0.351 e. The third kappa shape index (κ3) is 2.56. The predicted octanol–water partition coefficient (Wildman–Crippen LogP) is 3.15. The van der Waals surface area contributed by atoms with Crippen LogP contribution in [0.1, 0.15) is 43.2 Å². The number of nitrogens with one attached hydrogen (secondary N) is 1. The Morgan fingerprint density at radius 3 is 2.72 bits per heavy atom. The van der Waals surface area contributed by atoms with Gasteiger partial charge in [0, 0.05) is 6.54 Å². The highest BCUT2D eigenvalue weighted by Crippen LogP contribution is 2.35. The number of nitriles is 1. The number of nitrogens with zero attached hydrogens (tertiary/aromatic N) is 1. The van der Waals surface area contributed by atoms with E-state index in [1.807, 2.05) is 6.92 Å². The molecule has 1 amide bonds. The van der Waals surface area contributed by atoms with Gasteiger partial charge < -0.3 is 5.32 Å². The molecule has 0 radical (unpaired) electrons. The van der Waals surface area contributed by atoms with Crippen LogP contribution in [0.15, 0.2) is 10.8 Å². The zero-order valence-corrected chi connectivity index (χ0v) is 11.5. The third-order valence-electron chi connectivity index (χ3n) is 3.76. The SMILES string of the molecule is Cc1cscc1CNC(=O)C1(C#N)CCCCC1. The topological polar surface area (TPSA) is 52.9 Å². The van der Waals surface area contributed by atoms with Crippen LogP contribution in [0.2, 0.25) is 0 Å². The zero-order chi connectivity index (χ0) is 13.0. The molecular weight excluding hydrogens is 244 g/mol. The van der Waals surface area contributed by atoms with E-state index in [1.165, 1.54) is 5.56 Å². The molecule has 96 valence electrons.